The quantitative estimate of drug-likeness (QED) is 0.474. The van der Waals surface area contributed by atoms with Crippen molar-refractivity contribution in [3.8, 4) is 11.5 Å². The summed E-state index contributed by atoms with van der Waals surface area (Å²) in [6, 6.07) is 11.7. The van der Waals surface area contributed by atoms with Crippen molar-refractivity contribution in [3.05, 3.63) is 82.4 Å². The fourth-order valence-corrected chi connectivity index (χ4v) is 3.41. The van der Waals surface area contributed by atoms with Gasteiger partial charge in [0.15, 0.2) is 0 Å². The van der Waals surface area contributed by atoms with Crippen molar-refractivity contribution in [2.24, 2.45) is 0 Å². The lowest BCUT2D eigenvalue weighted by Gasteiger charge is -2.35. The molecule has 0 radical (unpaired) electrons. The highest BCUT2D eigenvalue weighted by molar-refractivity contribution is 5.86. The largest absolute Gasteiger partial charge is 0.495 e. The number of rotatable bonds is 6. The number of methoxy groups -OCH3 is 1. The van der Waals surface area contributed by atoms with E-state index < -0.39 is 10.7 Å². The predicted molar refractivity (Wildman–Crippen MR) is 110 cm³/mol. The van der Waals surface area contributed by atoms with Crippen LogP contribution in [0.25, 0.3) is 5.70 Å². The molecule has 0 saturated carbocycles. The Labute approximate surface area is 172 Å². The van der Waals surface area contributed by atoms with E-state index in [4.69, 9.17) is 9.47 Å². The van der Waals surface area contributed by atoms with E-state index in [1.165, 1.54) is 31.2 Å². The van der Waals surface area contributed by atoms with Crippen molar-refractivity contribution < 1.29 is 19.5 Å². The first-order chi connectivity index (χ1) is 14.4. The molecule has 9 nitrogen and oxygen atoms in total. The lowest BCUT2D eigenvalue weighted by Crippen LogP contribution is -2.36. The minimum Gasteiger partial charge on any atom is -0.495 e. The van der Waals surface area contributed by atoms with Crippen LogP contribution >= 0.6 is 0 Å². The molecule has 0 amide bonds. The summed E-state index contributed by atoms with van der Waals surface area (Å²) >= 11 is 0. The summed E-state index contributed by atoms with van der Waals surface area (Å²) < 4.78 is 11.2. The normalized spacial score (nSPS) is 17.5. The summed E-state index contributed by atoms with van der Waals surface area (Å²) in [5.41, 5.74) is 1.64. The van der Waals surface area contributed by atoms with Crippen LogP contribution in [0.4, 0.5) is 11.4 Å². The first-order valence-electron chi connectivity index (χ1n) is 9.20. The van der Waals surface area contributed by atoms with Crippen molar-refractivity contribution >= 4 is 17.1 Å². The third-order valence-electron chi connectivity index (χ3n) is 4.70. The number of benzene rings is 2. The maximum absolute atomic E-state index is 11.4. The number of nitrogens with one attached hydrogen (secondary N) is 1. The minimum absolute atomic E-state index is 0.0808. The summed E-state index contributed by atoms with van der Waals surface area (Å²) in [5, 5.41) is 22.1. The average Bonchev–Trinajstić information content (AvgIpc) is 3.23. The van der Waals surface area contributed by atoms with E-state index in [1.807, 2.05) is 29.2 Å². The molecule has 2 N–H and O–H groups in total. The van der Waals surface area contributed by atoms with Gasteiger partial charge < -0.3 is 24.5 Å². The molecule has 9 heteroatoms. The summed E-state index contributed by atoms with van der Waals surface area (Å²) in [6.45, 7) is 1.81. The number of nitro benzene ring substituents is 1. The Balaban J connectivity index is 1.92. The van der Waals surface area contributed by atoms with Crippen LogP contribution in [0.5, 0.6) is 11.5 Å². The number of non-ortho nitro benzene ring substituents is 1. The number of hydrogen-bond acceptors (Lipinski definition) is 7. The number of para-hydroxylation sites is 2. The third-order valence-corrected chi connectivity index (χ3v) is 4.70. The van der Waals surface area contributed by atoms with Gasteiger partial charge in [-0.25, -0.2) is 4.98 Å². The molecule has 0 bridgehead atoms. The van der Waals surface area contributed by atoms with Gasteiger partial charge in [-0.05, 0) is 18.2 Å². The van der Waals surface area contributed by atoms with Crippen LogP contribution in [0.1, 0.15) is 18.3 Å². The van der Waals surface area contributed by atoms with Crippen molar-refractivity contribution in [3.63, 3.8) is 0 Å². The predicted octanol–water partition coefficient (Wildman–Crippen LogP) is 3.48. The van der Waals surface area contributed by atoms with Crippen LogP contribution in [0.3, 0.4) is 0 Å². The lowest BCUT2D eigenvalue weighted by atomic mass is 10.0. The SMILES string of the molecule is COc1ccccc1N(Cc1ncc[nH]1)C1=CC(C)(O)Oc2ccc([N+](=O)[O-])cc21. The van der Waals surface area contributed by atoms with Gasteiger partial charge in [0.1, 0.15) is 17.3 Å². The molecular weight excluding hydrogens is 388 g/mol. The van der Waals surface area contributed by atoms with Gasteiger partial charge >= 0.3 is 0 Å². The smallest absolute Gasteiger partial charge is 0.270 e. The number of aromatic nitrogens is 2. The van der Waals surface area contributed by atoms with Gasteiger partial charge in [-0.1, -0.05) is 12.1 Å². The number of anilines is 1. The van der Waals surface area contributed by atoms with Gasteiger partial charge in [-0.3, -0.25) is 10.1 Å². The summed E-state index contributed by atoms with van der Waals surface area (Å²) in [5.74, 6) is -0.00697. The van der Waals surface area contributed by atoms with E-state index in [-0.39, 0.29) is 5.69 Å². The molecule has 3 aromatic rings. The molecule has 2 heterocycles. The van der Waals surface area contributed by atoms with Crippen LogP contribution in [-0.2, 0) is 6.54 Å². The summed E-state index contributed by atoms with van der Waals surface area (Å²) in [6.07, 6.45) is 4.88. The highest BCUT2D eigenvalue weighted by Gasteiger charge is 2.33. The van der Waals surface area contributed by atoms with Crippen molar-refractivity contribution in [1.29, 1.82) is 0 Å². The van der Waals surface area contributed by atoms with Crippen LogP contribution < -0.4 is 14.4 Å². The molecule has 1 aromatic heterocycles. The van der Waals surface area contributed by atoms with Gasteiger partial charge in [0.2, 0.25) is 5.79 Å². The second-order valence-corrected chi connectivity index (χ2v) is 6.92. The molecule has 1 aliphatic heterocycles. The Hall–Kier alpha value is -3.85. The number of aromatic amines is 1. The molecule has 1 aliphatic rings. The zero-order valence-corrected chi connectivity index (χ0v) is 16.4. The van der Waals surface area contributed by atoms with Crippen LogP contribution in [0, 0.1) is 10.1 Å². The maximum Gasteiger partial charge on any atom is 0.270 e. The van der Waals surface area contributed by atoms with E-state index in [9.17, 15) is 15.2 Å². The number of H-pyrrole nitrogens is 1. The van der Waals surface area contributed by atoms with Gasteiger partial charge in [0, 0.05) is 43.1 Å². The number of nitrogens with zero attached hydrogens (tertiary/aromatic N) is 3. The van der Waals surface area contributed by atoms with E-state index in [0.29, 0.717) is 40.8 Å². The first-order valence-corrected chi connectivity index (χ1v) is 9.20. The minimum atomic E-state index is -1.61. The Kier molecular flexibility index (Phi) is 4.88. The fraction of sp³-hybridized carbons (Fsp3) is 0.190. The Morgan fingerprint density at radius 1 is 1.33 bits per heavy atom. The Morgan fingerprint density at radius 3 is 2.83 bits per heavy atom. The molecular formula is C21H20N4O5. The molecule has 0 spiro atoms. The molecule has 30 heavy (non-hydrogen) atoms. The summed E-state index contributed by atoms with van der Waals surface area (Å²) in [4.78, 5) is 20.1. The van der Waals surface area contributed by atoms with Crippen molar-refractivity contribution in [2.75, 3.05) is 12.0 Å². The van der Waals surface area contributed by atoms with Gasteiger partial charge in [-0.15, -0.1) is 0 Å². The zero-order chi connectivity index (χ0) is 21.3. The molecule has 1 atom stereocenters. The lowest BCUT2D eigenvalue weighted by molar-refractivity contribution is -0.384. The highest BCUT2D eigenvalue weighted by atomic mass is 16.6. The van der Waals surface area contributed by atoms with E-state index >= 15 is 0 Å². The molecule has 4 rings (SSSR count). The van der Waals surface area contributed by atoms with E-state index in [0.717, 1.165) is 0 Å². The monoisotopic (exact) mass is 408 g/mol. The number of aliphatic hydroxyl groups is 1. The number of nitro groups is 1. The second-order valence-electron chi connectivity index (χ2n) is 6.92. The zero-order valence-electron chi connectivity index (χ0n) is 16.4. The second kappa shape index (κ2) is 7.53. The molecule has 1 unspecified atom stereocenters. The standard InChI is InChI=1S/C21H20N4O5/c1-21(26)12-17(15-11-14(25(27)28)7-8-18(15)30-21)24(13-20-22-9-10-23-20)16-5-3-4-6-19(16)29-2/h3-12,26H,13H2,1-2H3,(H,22,23). The Bertz CT molecular complexity index is 1110. The number of imidazole rings is 1. The molecule has 0 aliphatic carbocycles. The summed E-state index contributed by atoms with van der Waals surface area (Å²) in [7, 11) is 1.57. The first kappa shape index (κ1) is 19.5. The topological polar surface area (TPSA) is 114 Å². The Morgan fingerprint density at radius 2 is 2.13 bits per heavy atom. The van der Waals surface area contributed by atoms with Gasteiger partial charge in [0.25, 0.3) is 5.69 Å². The highest BCUT2D eigenvalue weighted by Crippen LogP contribution is 2.43. The average molecular weight is 408 g/mol. The number of hydrogen-bond donors (Lipinski definition) is 2. The third kappa shape index (κ3) is 3.70. The van der Waals surface area contributed by atoms with Crippen molar-refractivity contribution in [1.82, 2.24) is 9.97 Å². The maximum atomic E-state index is 11.4. The van der Waals surface area contributed by atoms with Gasteiger partial charge in [0.05, 0.1) is 30.0 Å². The van der Waals surface area contributed by atoms with Crippen LogP contribution in [0.2, 0.25) is 0 Å². The number of ether oxygens (including phenoxy) is 2. The van der Waals surface area contributed by atoms with E-state index in [2.05, 4.69) is 9.97 Å². The van der Waals surface area contributed by atoms with Crippen LogP contribution in [0.15, 0.2) is 60.9 Å². The van der Waals surface area contributed by atoms with Gasteiger partial charge in [-0.2, -0.15) is 0 Å². The number of fused-ring (bicyclic) bond motifs is 1. The molecule has 0 saturated heterocycles. The van der Waals surface area contributed by atoms with Crippen molar-refractivity contribution in [2.45, 2.75) is 19.3 Å². The van der Waals surface area contributed by atoms with Crippen LogP contribution in [-0.4, -0.2) is 32.9 Å². The van der Waals surface area contributed by atoms with E-state index in [1.54, 1.807) is 19.5 Å². The molecule has 0 fully saturated rings. The fourth-order valence-electron chi connectivity index (χ4n) is 3.41. The molecule has 2 aromatic carbocycles. The molecule has 154 valence electrons.